The lowest BCUT2D eigenvalue weighted by atomic mass is 10.2. The Kier molecular flexibility index (Phi) is 2.86. The van der Waals surface area contributed by atoms with Gasteiger partial charge >= 0.3 is 0 Å². The van der Waals surface area contributed by atoms with Crippen molar-refractivity contribution in [2.24, 2.45) is 5.92 Å². The highest BCUT2D eigenvalue weighted by atomic mass is 35.5. The molecule has 0 N–H and O–H groups in total. The number of ether oxygens (including phenoxy) is 1. The summed E-state index contributed by atoms with van der Waals surface area (Å²) in [5.41, 5.74) is 1.51. The molecule has 0 amide bonds. The minimum Gasteiger partial charge on any atom is -0.479 e. The number of rotatable bonds is 4. The van der Waals surface area contributed by atoms with Crippen LogP contribution in [-0.2, 0) is 5.88 Å². The molecule has 0 radical (unpaired) electrons. The normalized spacial score (nSPS) is 17.1. The molecule has 1 aliphatic rings. The van der Waals surface area contributed by atoms with E-state index in [0.717, 1.165) is 11.5 Å². The van der Waals surface area contributed by atoms with Crippen molar-refractivity contribution in [3.05, 3.63) is 12.2 Å². The zero-order valence-corrected chi connectivity index (χ0v) is 11.2. The molecular formula is C12H15ClN4O. The molecule has 1 unspecified atom stereocenters. The first-order valence-electron chi connectivity index (χ1n) is 6.08. The second-order valence-corrected chi connectivity index (χ2v) is 4.93. The first kappa shape index (κ1) is 11.7. The molecule has 0 aliphatic heterocycles. The van der Waals surface area contributed by atoms with E-state index in [2.05, 4.69) is 26.4 Å². The van der Waals surface area contributed by atoms with Crippen LogP contribution < -0.4 is 4.74 Å². The standard InChI is InChI=1S/C12H15ClN4O/c1-7(8-3-4-8)17-9(5-13)16-10-11(17)14-6-15-12(10)18-2/h6-8H,3-5H2,1-2H3. The van der Waals surface area contributed by atoms with E-state index in [1.165, 1.54) is 19.2 Å². The van der Waals surface area contributed by atoms with Crippen LogP contribution in [0.25, 0.3) is 11.2 Å². The molecule has 6 heteroatoms. The van der Waals surface area contributed by atoms with Crippen LogP contribution in [-0.4, -0.2) is 26.6 Å². The highest BCUT2D eigenvalue weighted by Gasteiger charge is 2.32. The fourth-order valence-electron chi connectivity index (χ4n) is 2.39. The summed E-state index contributed by atoms with van der Waals surface area (Å²) >= 11 is 6.00. The Hall–Kier alpha value is -1.36. The molecule has 18 heavy (non-hydrogen) atoms. The van der Waals surface area contributed by atoms with Gasteiger partial charge in [-0.3, -0.25) is 0 Å². The molecule has 1 saturated carbocycles. The lowest BCUT2D eigenvalue weighted by Gasteiger charge is -2.15. The maximum Gasteiger partial charge on any atom is 0.245 e. The van der Waals surface area contributed by atoms with Crippen molar-refractivity contribution in [3.63, 3.8) is 0 Å². The average molecular weight is 267 g/mol. The van der Waals surface area contributed by atoms with E-state index in [-0.39, 0.29) is 0 Å². The summed E-state index contributed by atoms with van der Waals surface area (Å²) in [6.45, 7) is 2.20. The van der Waals surface area contributed by atoms with E-state index in [1.54, 1.807) is 7.11 Å². The van der Waals surface area contributed by atoms with Crippen molar-refractivity contribution in [1.29, 1.82) is 0 Å². The van der Waals surface area contributed by atoms with Crippen LogP contribution in [0.3, 0.4) is 0 Å². The van der Waals surface area contributed by atoms with Crippen LogP contribution in [0.15, 0.2) is 6.33 Å². The van der Waals surface area contributed by atoms with Crippen LogP contribution >= 0.6 is 11.6 Å². The van der Waals surface area contributed by atoms with Gasteiger partial charge in [0, 0.05) is 6.04 Å². The SMILES string of the molecule is COc1ncnc2c1nc(CCl)n2C(C)C1CC1. The Morgan fingerprint density at radius 1 is 1.50 bits per heavy atom. The topological polar surface area (TPSA) is 52.8 Å². The molecule has 5 nitrogen and oxygen atoms in total. The highest BCUT2D eigenvalue weighted by Crippen LogP contribution is 2.41. The maximum atomic E-state index is 6.00. The van der Waals surface area contributed by atoms with Gasteiger partial charge in [0.25, 0.3) is 0 Å². The zero-order chi connectivity index (χ0) is 12.7. The van der Waals surface area contributed by atoms with E-state index in [9.17, 15) is 0 Å². The summed E-state index contributed by atoms with van der Waals surface area (Å²) in [5.74, 6) is 2.43. The Labute approximate surface area is 110 Å². The van der Waals surface area contributed by atoms with Gasteiger partial charge in [-0.1, -0.05) is 0 Å². The number of imidazole rings is 1. The third-order valence-electron chi connectivity index (χ3n) is 3.54. The lowest BCUT2D eigenvalue weighted by molar-refractivity contribution is 0.401. The lowest BCUT2D eigenvalue weighted by Crippen LogP contribution is -2.11. The maximum absolute atomic E-state index is 6.00. The molecular weight excluding hydrogens is 252 g/mol. The molecule has 1 atom stereocenters. The third-order valence-corrected chi connectivity index (χ3v) is 3.78. The molecule has 0 bridgehead atoms. The fourth-order valence-corrected chi connectivity index (χ4v) is 2.58. The molecule has 1 aliphatic carbocycles. The van der Waals surface area contributed by atoms with Gasteiger partial charge in [-0.15, -0.1) is 11.6 Å². The highest BCUT2D eigenvalue weighted by molar-refractivity contribution is 6.16. The molecule has 2 aromatic rings. The summed E-state index contributed by atoms with van der Waals surface area (Å²) in [4.78, 5) is 12.9. The predicted molar refractivity (Wildman–Crippen MR) is 68.9 cm³/mol. The minimum atomic E-state index is 0.372. The van der Waals surface area contributed by atoms with Crippen LogP contribution in [0.4, 0.5) is 0 Å². The molecule has 0 aromatic carbocycles. The summed E-state index contributed by atoms with van der Waals surface area (Å²) < 4.78 is 7.36. The number of hydrogen-bond donors (Lipinski definition) is 0. The van der Waals surface area contributed by atoms with Gasteiger partial charge in [0.05, 0.1) is 13.0 Å². The molecule has 1 fully saturated rings. The summed E-state index contributed by atoms with van der Waals surface area (Å²) in [7, 11) is 1.59. The van der Waals surface area contributed by atoms with Crippen LogP contribution in [0.1, 0.15) is 31.6 Å². The van der Waals surface area contributed by atoms with Gasteiger partial charge in [-0.2, -0.15) is 4.98 Å². The van der Waals surface area contributed by atoms with E-state index < -0.39 is 0 Å². The van der Waals surface area contributed by atoms with Crippen molar-refractivity contribution in [2.75, 3.05) is 7.11 Å². The van der Waals surface area contributed by atoms with E-state index in [4.69, 9.17) is 16.3 Å². The average Bonchev–Trinajstić information content (AvgIpc) is 3.17. The second-order valence-electron chi connectivity index (χ2n) is 4.66. The van der Waals surface area contributed by atoms with Crippen molar-refractivity contribution in [1.82, 2.24) is 19.5 Å². The second kappa shape index (κ2) is 4.39. The van der Waals surface area contributed by atoms with Crippen LogP contribution in [0.2, 0.25) is 0 Å². The Morgan fingerprint density at radius 2 is 2.28 bits per heavy atom. The quantitative estimate of drug-likeness (QED) is 0.798. The summed E-state index contributed by atoms with van der Waals surface area (Å²) in [5, 5.41) is 0. The van der Waals surface area contributed by atoms with E-state index >= 15 is 0 Å². The van der Waals surface area contributed by atoms with Gasteiger partial charge in [0.1, 0.15) is 12.2 Å². The number of methoxy groups -OCH3 is 1. The molecule has 2 aromatic heterocycles. The predicted octanol–water partition coefficient (Wildman–Crippen LogP) is 2.54. The van der Waals surface area contributed by atoms with Gasteiger partial charge < -0.3 is 9.30 Å². The van der Waals surface area contributed by atoms with Gasteiger partial charge in [-0.05, 0) is 25.7 Å². The molecule has 2 heterocycles. The number of hydrogen-bond acceptors (Lipinski definition) is 4. The summed E-state index contributed by atoms with van der Waals surface area (Å²) in [6.07, 6.45) is 4.05. The van der Waals surface area contributed by atoms with Gasteiger partial charge in [-0.25, -0.2) is 9.97 Å². The first-order chi connectivity index (χ1) is 8.76. The fraction of sp³-hybridized carbons (Fsp3) is 0.583. The molecule has 0 saturated heterocycles. The number of fused-ring (bicyclic) bond motifs is 1. The Morgan fingerprint density at radius 3 is 2.89 bits per heavy atom. The monoisotopic (exact) mass is 266 g/mol. The third kappa shape index (κ3) is 1.73. The Bertz CT molecular complexity index is 579. The van der Waals surface area contributed by atoms with Crippen molar-refractivity contribution in [3.8, 4) is 5.88 Å². The largest absolute Gasteiger partial charge is 0.479 e. The van der Waals surface area contributed by atoms with Crippen molar-refractivity contribution in [2.45, 2.75) is 31.7 Å². The van der Waals surface area contributed by atoms with Crippen LogP contribution in [0.5, 0.6) is 5.88 Å². The van der Waals surface area contributed by atoms with Crippen LogP contribution in [0, 0.1) is 5.92 Å². The number of alkyl halides is 1. The number of halogens is 1. The molecule has 3 rings (SSSR count). The molecule has 96 valence electrons. The van der Waals surface area contributed by atoms with Gasteiger partial charge in [0.15, 0.2) is 11.2 Å². The van der Waals surface area contributed by atoms with E-state index in [0.29, 0.717) is 29.2 Å². The smallest absolute Gasteiger partial charge is 0.245 e. The van der Waals surface area contributed by atoms with Gasteiger partial charge in [0.2, 0.25) is 5.88 Å². The summed E-state index contributed by atoms with van der Waals surface area (Å²) in [6, 6.07) is 0.378. The molecule has 0 spiro atoms. The number of nitrogens with zero attached hydrogens (tertiary/aromatic N) is 4. The Balaban J connectivity index is 2.21. The van der Waals surface area contributed by atoms with Crippen molar-refractivity contribution < 1.29 is 4.74 Å². The number of aromatic nitrogens is 4. The van der Waals surface area contributed by atoms with E-state index in [1.807, 2.05) is 0 Å². The van der Waals surface area contributed by atoms with Crippen molar-refractivity contribution >= 4 is 22.8 Å². The zero-order valence-electron chi connectivity index (χ0n) is 10.4. The minimum absolute atomic E-state index is 0.372. The first-order valence-corrected chi connectivity index (χ1v) is 6.61.